The van der Waals surface area contributed by atoms with Gasteiger partial charge in [0.25, 0.3) is 0 Å². The van der Waals surface area contributed by atoms with E-state index in [1.165, 1.54) is 25.6 Å². The summed E-state index contributed by atoms with van der Waals surface area (Å²) in [4.78, 5) is 12.1. The van der Waals surface area contributed by atoms with Gasteiger partial charge in [-0.05, 0) is 31.0 Å². The van der Waals surface area contributed by atoms with E-state index >= 15 is 0 Å². The molecule has 7 heteroatoms. The molecule has 1 aliphatic rings. The average molecular weight is 330 g/mol. The molecule has 1 fully saturated rings. The number of methoxy groups -OCH3 is 2. The fraction of sp³-hybridized carbons (Fsp3) is 0.412. The van der Waals surface area contributed by atoms with Gasteiger partial charge in [0, 0.05) is 18.7 Å². The number of nitrogens with zero attached hydrogens (tertiary/aromatic N) is 2. The zero-order chi connectivity index (χ0) is 17.1. The summed E-state index contributed by atoms with van der Waals surface area (Å²) in [6.45, 7) is 0.374. The maximum atomic E-state index is 12.1. The van der Waals surface area contributed by atoms with E-state index in [1.807, 2.05) is 11.7 Å². The van der Waals surface area contributed by atoms with Gasteiger partial charge < -0.3 is 20.1 Å². The summed E-state index contributed by atoms with van der Waals surface area (Å²) in [6.07, 6.45) is 2.45. The Hall–Kier alpha value is -2.70. The van der Waals surface area contributed by atoms with Crippen LogP contribution in [0.3, 0.4) is 0 Å². The minimum Gasteiger partial charge on any atom is -0.493 e. The molecule has 0 atom stereocenters. The van der Waals surface area contributed by atoms with Crippen molar-refractivity contribution in [2.75, 3.05) is 19.5 Å². The van der Waals surface area contributed by atoms with Crippen molar-refractivity contribution in [1.82, 2.24) is 15.1 Å². The van der Waals surface area contributed by atoms with E-state index in [-0.39, 0.29) is 6.03 Å². The molecule has 0 bridgehead atoms. The Labute approximate surface area is 140 Å². The predicted octanol–water partition coefficient (Wildman–Crippen LogP) is 2.64. The van der Waals surface area contributed by atoms with Gasteiger partial charge >= 0.3 is 6.03 Å². The van der Waals surface area contributed by atoms with Crippen LogP contribution in [0.2, 0.25) is 0 Å². The van der Waals surface area contributed by atoms with E-state index in [1.54, 1.807) is 25.3 Å². The van der Waals surface area contributed by atoms with Crippen LogP contribution < -0.4 is 20.1 Å². The highest BCUT2D eigenvalue weighted by molar-refractivity contribution is 5.91. The number of carbonyl (C=O) groups is 1. The molecule has 7 nitrogen and oxygen atoms in total. The molecular formula is C17H22N4O3. The van der Waals surface area contributed by atoms with Crippen molar-refractivity contribution in [3.8, 4) is 11.5 Å². The summed E-state index contributed by atoms with van der Waals surface area (Å²) in [6, 6.07) is 7.06. The first kappa shape index (κ1) is 16.2. The number of rotatable bonds is 6. The van der Waals surface area contributed by atoms with Gasteiger partial charge in [0.15, 0.2) is 11.5 Å². The van der Waals surface area contributed by atoms with Crippen LogP contribution in [0.1, 0.15) is 30.1 Å². The van der Waals surface area contributed by atoms with Crippen LogP contribution in [0.5, 0.6) is 11.5 Å². The van der Waals surface area contributed by atoms with Gasteiger partial charge in [-0.1, -0.05) is 6.07 Å². The first-order chi connectivity index (χ1) is 11.6. The fourth-order valence-corrected chi connectivity index (χ4v) is 2.71. The van der Waals surface area contributed by atoms with Gasteiger partial charge in [0.1, 0.15) is 0 Å². The normalized spacial score (nSPS) is 13.5. The minimum atomic E-state index is -0.319. The third kappa shape index (κ3) is 3.45. The number of hydrogen-bond donors (Lipinski definition) is 2. The smallest absolute Gasteiger partial charge is 0.319 e. The van der Waals surface area contributed by atoms with Crippen LogP contribution in [0.25, 0.3) is 0 Å². The Kier molecular flexibility index (Phi) is 4.59. The number of urea groups is 1. The Balaban J connectivity index is 1.61. The molecule has 1 aliphatic carbocycles. The lowest BCUT2D eigenvalue weighted by Gasteiger charge is -2.13. The molecule has 0 aliphatic heterocycles. The van der Waals surface area contributed by atoms with Gasteiger partial charge in [-0.15, -0.1) is 0 Å². The summed E-state index contributed by atoms with van der Waals surface area (Å²) in [5, 5.41) is 10.0. The average Bonchev–Trinajstić information content (AvgIpc) is 3.35. The summed E-state index contributed by atoms with van der Waals surface area (Å²) < 4.78 is 12.4. The number of ether oxygens (including phenoxy) is 2. The standard InChI is InChI=1S/C17H22N4O3/c1-21-14(11-7-8-11)9-12(20-21)10-18-17(22)19-13-5-4-6-15(23-2)16(13)24-3/h4-6,9,11H,7-8,10H2,1-3H3,(H2,18,19,22). The number of carbonyl (C=O) groups excluding carboxylic acids is 1. The quantitative estimate of drug-likeness (QED) is 0.853. The second kappa shape index (κ2) is 6.82. The van der Waals surface area contributed by atoms with Crippen LogP contribution >= 0.6 is 0 Å². The number of hydrogen-bond acceptors (Lipinski definition) is 4. The van der Waals surface area contributed by atoms with Gasteiger partial charge in [-0.2, -0.15) is 5.10 Å². The lowest BCUT2D eigenvalue weighted by Crippen LogP contribution is -2.28. The van der Waals surface area contributed by atoms with Crippen LogP contribution in [-0.4, -0.2) is 30.0 Å². The molecular weight excluding hydrogens is 308 g/mol. The van der Waals surface area contributed by atoms with Crippen LogP contribution in [0.4, 0.5) is 10.5 Å². The van der Waals surface area contributed by atoms with E-state index in [0.717, 1.165) is 5.69 Å². The Bertz CT molecular complexity index is 737. The van der Waals surface area contributed by atoms with Crippen molar-refractivity contribution in [3.05, 3.63) is 35.7 Å². The number of aryl methyl sites for hydroxylation is 1. The molecule has 1 heterocycles. The Morgan fingerprint density at radius 1 is 1.33 bits per heavy atom. The molecule has 24 heavy (non-hydrogen) atoms. The van der Waals surface area contributed by atoms with Crippen LogP contribution in [0.15, 0.2) is 24.3 Å². The SMILES string of the molecule is COc1cccc(NC(=O)NCc2cc(C3CC3)n(C)n2)c1OC. The first-order valence-electron chi connectivity index (χ1n) is 7.91. The summed E-state index contributed by atoms with van der Waals surface area (Å²) in [7, 11) is 5.03. The van der Waals surface area contributed by atoms with Crippen molar-refractivity contribution in [2.45, 2.75) is 25.3 Å². The molecule has 0 radical (unpaired) electrons. The van der Waals surface area contributed by atoms with E-state index in [4.69, 9.17) is 9.47 Å². The number of para-hydroxylation sites is 1. The zero-order valence-electron chi connectivity index (χ0n) is 14.1. The topological polar surface area (TPSA) is 77.4 Å². The van der Waals surface area contributed by atoms with Crippen molar-refractivity contribution in [2.24, 2.45) is 7.05 Å². The van der Waals surface area contributed by atoms with Crippen LogP contribution in [-0.2, 0) is 13.6 Å². The largest absolute Gasteiger partial charge is 0.493 e. The zero-order valence-corrected chi connectivity index (χ0v) is 14.1. The predicted molar refractivity (Wildman–Crippen MR) is 90.6 cm³/mol. The van der Waals surface area contributed by atoms with Crippen LogP contribution in [0, 0.1) is 0 Å². The molecule has 1 aromatic carbocycles. The van der Waals surface area contributed by atoms with E-state index in [2.05, 4.69) is 21.8 Å². The number of benzene rings is 1. The van der Waals surface area contributed by atoms with Crippen molar-refractivity contribution in [1.29, 1.82) is 0 Å². The monoisotopic (exact) mass is 330 g/mol. The summed E-state index contributed by atoms with van der Waals surface area (Å²) in [5.41, 5.74) is 2.64. The molecule has 0 saturated heterocycles. The van der Waals surface area contributed by atoms with Gasteiger partial charge in [0.05, 0.1) is 32.1 Å². The molecule has 1 aromatic heterocycles. The van der Waals surface area contributed by atoms with Crippen molar-refractivity contribution in [3.63, 3.8) is 0 Å². The molecule has 2 amide bonds. The van der Waals surface area contributed by atoms with Gasteiger partial charge in [-0.3, -0.25) is 4.68 Å². The number of nitrogens with one attached hydrogen (secondary N) is 2. The van der Waals surface area contributed by atoms with E-state index in [9.17, 15) is 4.79 Å². The highest BCUT2D eigenvalue weighted by atomic mass is 16.5. The molecule has 0 unspecified atom stereocenters. The van der Waals surface area contributed by atoms with Gasteiger partial charge in [-0.25, -0.2) is 4.79 Å². The molecule has 0 spiro atoms. The third-order valence-corrected chi connectivity index (χ3v) is 4.04. The van der Waals surface area contributed by atoms with E-state index in [0.29, 0.717) is 29.6 Å². The summed E-state index contributed by atoms with van der Waals surface area (Å²) in [5.74, 6) is 1.68. The maximum Gasteiger partial charge on any atom is 0.319 e. The molecule has 2 aromatic rings. The third-order valence-electron chi connectivity index (χ3n) is 4.04. The highest BCUT2D eigenvalue weighted by Crippen LogP contribution is 2.40. The first-order valence-corrected chi connectivity index (χ1v) is 7.91. The number of aromatic nitrogens is 2. The van der Waals surface area contributed by atoms with Crippen molar-refractivity contribution >= 4 is 11.7 Å². The fourth-order valence-electron chi connectivity index (χ4n) is 2.71. The second-order valence-corrected chi connectivity index (χ2v) is 5.81. The van der Waals surface area contributed by atoms with Crippen molar-refractivity contribution < 1.29 is 14.3 Å². The number of anilines is 1. The Morgan fingerprint density at radius 2 is 2.12 bits per heavy atom. The summed E-state index contributed by atoms with van der Waals surface area (Å²) >= 11 is 0. The maximum absolute atomic E-state index is 12.1. The lowest BCUT2D eigenvalue weighted by atomic mass is 10.2. The lowest BCUT2D eigenvalue weighted by molar-refractivity contribution is 0.251. The Morgan fingerprint density at radius 3 is 2.79 bits per heavy atom. The molecule has 2 N–H and O–H groups in total. The molecule has 1 saturated carbocycles. The second-order valence-electron chi connectivity index (χ2n) is 5.81. The highest BCUT2D eigenvalue weighted by Gasteiger charge is 2.27. The minimum absolute atomic E-state index is 0.319. The molecule has 3 rings (SSSR count). The van der Waals surface area contributed by atoms with Gasteiger partial charge in [0.2, 0.25) is 0 Å². The molecule has 128 valence electrons. The van der Waals surface area contributed by atoms with E-state index < -0.39 is 0 Å². The number of amides is 2.